The number of β-amino-alcohol motifs (C(OH)–C–C–N with tert-alkyl or cyclic N) is 1. The Labute approximate surface area is 77.0 Å². The highest BCUT2D eigenvalue weighted by molar-refractivity contribution is 5.66. The lowest BCUT2D eigenvalue weighted by atomic mass is 10.3. The van der Waals surface area contributed by atoms with Crippen molar-refractivity contribution >= 4 is 11.4 Å². The van der Waals surface area contributed by atoms with Crippen molar-refractivity contribution in [3.63, 3.8) is 0 Å². The largest absolute Gasteiger partial charge is 0.396 e. The Hall–Kier alpha value is -1.29. The lowest BCUT2D eigenvalue weighted by Crippen LogP contribution is -2.22. The number of aliphatic hydroxyl groups excluding tert-OH is 1. The Morgan fingerprint density at radius 2 is 2.46 bits per heavy atom. The summed E-state index contributed by atoms with van der Waals surface area (Å²) in [5.74, 6) is 0. The molecule has 1 fully saturated rings. The topological polar surface area (TPSA) is 62.4 Å². The monoisotopic (exact) mass is 179 g/mol. The normalized spacial score (nSPS) is 22.2. The van der Waals surface area contributed by atoms with E-state index in [9.17, 15) is 5.11 Å². The van der Waals surface area contributed by atoms with Crippen molar-refractivity contribution in [1.82, 2.24) is 4.98 Å². The third-order valence-corrected chi connectivity index (χ3v) is 2.33. The molecule has 3 N–H and O–H groups in total. The lowest BCUT2D eigenvalue weighted by molar-refractivity contribution is 0.198. The van der Waals surface area contributed by atoms with E-state index >= 15 is 0 Å². The van der Waals surface area contributed by atoms with Gasteiger partial charge in [0, 0.05) is 19.3 Å². The van der Waals surface area contributed by atoms with E-state index in [4.69, 9.17) is 5.73 Å². The van der Waals surface area contributed by atoms with Crippen molar-refractivity contribution in [1.29, 1.82) is 0 Å². The summed E-state index contributed by atoms with van der Waals surface area (Å²) in [5.41, 5.74) is 7.42. The van der Waals surface area contributed by atoms with Crippen LogP contribution in [0.3, 0.4) is 0 Å². The summed E-state index contributed by atoms with van der Waals surface area (Å²) < 4.78 is 0. The van der Waals surface area contributed by atoms with Gasteiger partial charge in [0.05, 0.1) is 23.7 Å². The molecule has 1 aromatic heterocycles. The van der Waals surface area contributed by atoms with Gasteiger partial charge in [-0.05, 0) is 12.5 Å². The molecule has 2 heterocycles. The molecule has 1 aliphatic rings. The molecule has 13 heavy (non-hydrogen) atoms. The maximum Gasteiger partial charge on any atom is 0.0738 e. The van der Waals surface area contributed by atoms with Crippen LogP contribution >= 0.6 is 0 Å². The Kier molecular flexibility index (Phi) is 2.06. The van der Waals surface area contributed by atoms with Gasteiger partial charge in [-0.25, -0.2) is 0 Å². The Bertz CT molecular complexity index is 303. The first-order valence-corrected chi connectivity index (χ1v) is 4.40. The fourth-order valence-corrected chi connectivity index (χ4v) is 1.65. The molecule has 4 heteroatoms. The van der Waals surface area contributed by atoms with E-state index in [1.165, 1.54) is 0 Å². The maximum absolute atomic E-state index is 9.35. The molecule has 0 amide bonds. The zero-order valence-electron chi connectivity index (χ0n) is 7.35. The quantitative estimate of drug-likeness (QED) is 0.648. The van der Waals surface area contributed by atoms with Crippen molar-refractivity contribution in [3.05, 3.63) is 18.5 Å². The number of nitrogens with zero attached hydrogens (tertiary/aromatic N) is 2. The van der Waals surface area contributed by atoms with Crippen LogP contribution in [-0.4, -0.2) is 29.3 Å². The second kappa shape index (κ2) is 3.22. The predicted octanol–water partition coefficient (Wildman–Crippen LogP) is 0.235. The number of hydrogen-bond donors (Lipinski definition) is 2. The zero-order valence-corrected chi connectivity index (χ0v) is 7.35. The van der Waals surface area contributed by atoms with Crippen LogP contribution in [0.5, 0.6) is 0 Å². The highest BCUT2D eigenvalue weighted by Gasteiger charge is 2.21. The zero-order chi connectivity index (χ0) is 9.26. The summed E-state index contributed by atoms with van der Waals surface area (Å²) in [5, 5.41) is 9.35. The molecular weight excluding hydrogens is 166 g/mol. The molecular formula is C9H13N3O. The molecule has 1 aromatic rings. The van der Waals surface area contributed by atoms with E-state index in [1.807, 2.05) is 6.07 Å². The summed E-state index contributed by atoms with van der Waals surface area (Å²) in [7, 11) is 0. The first kappa shape index (κ1) is 8.31. The summed E-state index contributed by atoms with van der Waals surface area (Å²) in [6.07, 6.45) is 3.96. The molecule has 70 valence electrons. The predicted molar refractivity (Wildman–Crippen MR) is 51.5 cm³/mol. The molecule has 1 atom stereocenters. The molecule has 1 saturated heterocycles. The number of nitrogen functional groups attached to an aromatic ring is 1. The van der Waals surface area contributed by atoms with Crippen LogP contribution in [0.1, 0.15) is 6.42 Å². The number of hydrogen-bond acceptors (Lipinski definition) is 4. The molecule has 1 aliphatic heterocycles. The summed E-state index contributed by atoms with van der Waals surface area (Å²) in [4.78, 5) is 6.01. The summed E-state index contributed by atoms with van der Waals surface area (Å²) >= 11 is 0. The minimum atomic E-state index is -0.215. The van der Waals surface area contributed by atoms with Gasteiger partial charge in [-0.3, -0.25) is 4.98 Å². The van der Waals surface area contributed by atoms with Crippen molar-refractivity contribution in [2.24, 2.45) is 0 Å². The second-order valence-corrected chi connectivity index (χ2v) is 3.32. The smallest absolute Gasteiger partial charge is 0.0738 e. The van der Waals surface area contributed by atoms with Gasteiger partial charge in [0.25, 0.3) is 0 Å². The van der Waals surface area contributed by atoms with Crippen molar-refractivity contribution < 1.29 is 5.11 Å². The first-order chi connectivity index (χ1) is 6.27. The third-order valence-electron chi connectivity index (χ3n) is 2.33. The Morgan fingerprint density at radius 1 is 1.62 bits per heavy atom. The van der Waals surface area contributed by atoms with E-state index < -0.39 is 0 Å². The van der Waals surface area contributed by atoms with Crippen LogP contribution in [-0.2, 0) is 0 Å². The number of aromatic nitrogens is 1. The Morgan fingerprint density at radius 3 is 3.08 bits per heavy atom. The van der Waals surface area contributed by atoms with Crippen LogP contribution in [0.2, 0.25) is 0 Å². The number of anilines is 2. The van der Waals surface area contributed by atoms with Crippen LogP contribution in [0.4, 0.5) is 11.4 Å². The fourth-order valence-electron chi connectivity index (χ4n) is 1.65. The number of rotatable bonds is 1. The van der Waals surface area contributed by atoms with Crippen LogP contribution in [0, 0.1) is 0 Å². The van der Waals surface area contributed by atoms with Gasteiger partial charge in [0.1, 0.15) is 0 Å². The molecule has 0 aromatic carbocycles. The van der Waals surface area contributed by atoms with Gasteiger partial charge in [-0.2, -0.15) is 0 Å². The molecule has 0 bridgehead atoms. The minimum Gasteiger partial charge on any atom is -0.396 e. The van der Waals surface area contributed by atoms with Gasteiger partial charge in [-0.1, -0.05) is 0 Å². The first-order valence-electron chi connectivity index (χ1n) is 4.40. The van der Waals surface area contributed by atoms with Crippen molar-refractivity contribution in [2.45, 2.75) is 12.5 Å². The van der Waals surface area contributed by atoms with Gasteiger partial charge in [0.2, 0.25) is 0 Å². The number of pyridine rings is 1. The van der Waals surface area contributed by atoms with E-state index in [0.717, 1.165) is 18.7 Å². The highest BCUT2D eigenvalue weighted by Crippen LogP contribution is 2.25. The lowest BCUT2D eigenvalue weighted by Gasteiger charge is -2.18. The van der Waals surface area contributed by atoms with E-state index in [0.29, 0.717) is 12.2 Å². The molecule has 0 radical (unpaired) electrons. The summed E-state index contributed by atoms with van der Waals surface area (Å²) in [6, 6.07) is 1.88. The molecule has 0 unspecified atom stereocenters. The van der Waals surface area contributed by atoms with Crippen LogP contribution in [0.15, 0.2) is 18.5 Å². The maximum atomic E-state index is 9.35. The molecule has 0 saturated carbocycles. The SMILES string of the molecule is Nc1cnccc1N1CC[C@@H](O)C1. The van der Waals surface area contributed by atoms with E-state index in [1.54, 1.807) is 12.4 Å². The minimum absolute atomic E-state index is 0.215. The van der Waals surface area contributed by atoms with Gasteiger partial charge in [-0.15, -0.1) is 0 Å². The standard InChI is InChI=1S/C9H13N3O/c10-8-5-11-3-1-9(8)12-4-2-7(13)6-12/h1,3,5,7,13H,2,4,6,10H2/t7-/m1/s1. The Balaban J connectivity index is 2.21. The molecule has 0 aliphatic carbocycles. The van der Waals surface area contributed by atoms with E-state index in [2.05, 4.69) is 9.88 Å². The average Bonchev–Trinajstić information content (AvgIpc) is 2.53. The number of aliphatic hydroxyl groups is 1. The summed E-state index contributed by atoms with van der Waals surface area (Å²) in [6.45, 7) is 1.55. The number of nitrogens with two attached hydrogens (primary N) is 1. The van der Waals surface area contributed by atoms with Crippen LogP contribution in [0.25, 0.3) is 0 Å². The van der Waals surface area contributed by atoms with Crippen molar-refractivity contribution in [3.8, 4) is 0 Å². The third kappa shape index (κ3) is 1.58. The van der Waals surface area contributed by atoms with E-state index in [-0.39, 0.29) is 6.10 Å². The van der Waals surface area contributed by atoms with Crippen molar-refractivity contribution in [2.75, 3.05) is 23.7 Å². The average molecular weight is 179 g/mol. The van der Waals surface area contributed by atoms with Gasteiger partial charge in [0.15, 0.2) is 0 Å². The van der Waals surface area contributed by atoms with Gasteiger partial charge >= 0.3 is 0 Å². The highest BCUT2D eigenvalue weighted by atomic mass is 16.3. The van der Waals surface area contributed by atoms with Crippen LogP contribution < -0.4 is 10.6 Å². The molecule has 0 spiro atoms. The fraction of sp³-hybridized carbons (Fsp3) is 0.444. The molecule has 2 rings (SSSR count). The van der Waals surface area contributed by atoms with Gasteiger partial charge < -0.3 is 15.7 Å². The second-order valence-electron chi connectivity index (χ2n) is 3.32. The molecule has 4 nitrogen and oxygen atoms in total.